The number of hydrogen-bond acceptors (Lipinski definition) is 1. The summed E-state index contributed by atoms with van der Waals surface area (Å²) in [5.41, 5.74) is 2.45. The highest BCUT2D eigenvalue weighted by Crippen LogP contribution is 2.21. The minimum atomic E-state index is 0.468. The SMILES string of the molecule is CCCCCCCCc1cc(CC)ccc1O. The molecule has 0 aliphatic heterocycles. The summed E-state index contributed by atoms with van der Waals surface area (Å²) >= 11 is 0. The van der Waals surface area contributed by atoms with Crippen molar-refractivity contribution in [2.75, 3.05) is 0 Å². The molecule has 1 aromatic carbocycles. The van der Waals surface area contributed by atoms with E-state index in [1.807, 2.05) is 12.1 Å². The standard InChI is InChI=1S/C16H26O/c1-3-5-6-7-8-9-10-15-13-14(4-2)11-12-16(15)17/h11-13,17H,3-10H2,1-2H3. The molecule has 0 unspecified atom stereocenters. The minimum Gasteiger partial charge on any atom is -0.508 e. The Balaban J connectivity index is 2.30. The van der Waals surface area contributed by atoms with Crippen molar-refractivity contribution in [3.05, 3.63) is 29.3 Å². The monoisotopic (exact) mass is 234 g/mol. The molecular formula is C16H26O. The van der Waals surface area contributed by atoms with Gasteiger partial charge in [-0.3, -0.25) is 0 Å². The number of benzene rings is 1. The van der Waals surface area contributed by atoms with Crippen molar-refractivity contribution in [1.82, 2.24) is 0 Å². The molecule has 0 saturated heterocycles. The van der Waals surface area contributed by atoms with Crippen LogP contribution in [0.15, 0.2) is 18.2 Å². The fraction of sp³-hybridized carbons (Fsp3) is 0.625. The zero-order valence-electron chi connectivity index (χ0n) is 11.3. The van der Waals surface area contributed by atoms with E-state index in [-0.39, 0.29) is 0 Å². The normalized spacial score (nSPS) is 10.7. The van der Waals surface area contributed by atoms with Gasteiger partial charge in [-0.05, 0) is 36.5 Å². The molecule has 1 rings (SSSR count). The lowest BCUT2D eigenvalue weighted by Gasteiger charge is -2.07. The Kier molecular flexibility index (Phi) is 6.76. The van der Waals surface area contributed by atoms with Crippen molar-refractivity contribution >= 4 is 0 Å². The summed E-state index contributed by atoms with van der Waals surface area (Å²) in [5, 5.41) is 9.77. The van der Waals surface area contributed by atoms with E-state index in [1.54, 1.807) is 0 Å². The number of unbranched alkanes of at least 4 members (excludes halogenated alkanes) is 5. The number of aromatic hydroxyl groups is 1. The molecule has 0 fully saturated rings. The largest absolute Gasteiger partial charge is 0.508 e. The molecule has 1 aromatic rings. The lowest BCUT2D eigenvalue weighted by molar-refractivity contribution is 0.465. The van der Waals surface area contributed by atoms with Gasteiger partial charge in [0.2, 0.25) is 0 Å². The molecule has 0 radical (unpaired) electrons. The molecule has 96 valence electrons. The summed E-state index contributed by atoms with van der Waals surface area (Å²) in [7, 11) is 0. The molecule has 0 aromatic heterocycles. The molecule has 0 saturated carbocycles. The lowest BCUT2D eigenvalue weighted by atomic mass is 10.0. The van der Waals surface area contributed by atoms with Gasteiger partial charge >= 0.3 is 0 Å². The smallest absolute Gasteiger partial charge is 0.118 e. The molecule has 0 aliphatic rings. The fourth-order valence-electron chi connectivity index (χ4n) is 2.15. The van der Waals surface area contributed by atoms with Crippen LogP contribution in [0.25, 0.3) is 0 Å². The Morgan fingerprint density at radius 2 is 1.65 bits per heavy atom. The van der Waals surface area contributed by atoms with Crippen LogP contribution in [0.1, 0.15) is 63.5 Å². The van der Waals surface area contributed by atoms with Crippen molar-refractivity contribution in [3.63, 3.8) is 0 Å². The molecule has 0 atom stereocenters. The van der Waals surface area contributed by atoms with Crippen LogP contribution in [0.4, 0.5) is 0 Å². The molecule has 1 nitrogen and oxygen atoms in total. The van der Waals surface area contributed by atoms with E-state index in [0.717, 1.165) is 18.4 Å². The van der Waals surface area contributed by atoms with Gasteiger partial charge in [-0.15, -0.1) is 0 Å². The van der Waals surface area contributed by atoms with Crippen molar-refractivity contribution in [2.24, 2.45) is 0 Å². The Morgan fingerprint density at radius 1 is 0.941 bits per heavy atom. The maximum absolute atomic E-state index is 9.77. The van der Waals surface area contributed by atoms with Crippen molar-refractivity contribution in [1.29, 1.82) is 0 Å². The number of phenolic OH excluding ortho intramolecular Hbond substituents is 1. The maximum atomic E-state index is 9.77. The second kappa shape index (κ2) is 8.16. The molecule has 0 bridgehead atoms. The molecule has 0 aliphatic carbocycles. The number of phenols is 1. The summed E-state index contributed by atoms with van der Waals surface area (Å²) in [6.45, 7) is 4.40. The average molecular weight is 234 g/mol. The Labute approximate surface area is 106 Å². The van der Waals surface area contributed by atoms with Crippen LogP contribution in [0, 0.1) is 0 Å². The van der Waals surface area contributed by atoms with Gasteiger partial charge in [0.05, 0.1) is 0 Å². The number of hydrogen-bond donors (Lipinski definition) is 1. The predicted octanol–water partition coefficient (Wildman–Crippen LogP) is 4.86. The fourth-order valence-corrected chi connectivity index (χ4v) is 2.15. The van der Waals surface area contributed by atoms with Crippen LogP contribution < -0.4 is 0 Å². The molecule has 1 heteroatoms. The summed E-state index contributed by atoms with van der Waals surface area (Å²) in [5.74, 6) is 0.468. The Hall–Kier alpha value is -0.980. The first-order valence-electron chi connectivity index (χ1n) is 7.08. The molecule has 0 spiro atoms. The van der Waals surface area contributed by atoms with E-state index < -0.39 is 0 Å². The number of aryl methyl sites for hydroxylation is 2. The van der Waals surface area contributed by atoms with Gasteiger partial charge in [0.25, 0.3) is 0 Å². The highest BCUT2D eigenvalue weighted by molar-refractivity contribution is 5.36. The second-order valence-corrected chi connectivity index (χ2v) is 4.83. The van der Waals surface area contributed by atoms with Crippen LogP contribution in [0.5, 0.6) is 5.75 Å². The summed E-state index contributed by atoms with van der Waals surface area (Å²) < 4.78 is 0. The van der Waals surface area contributed by atoms with E-state index in [9.17, 15) is 5.11 Å². The van der Waals surface area contributed by atoms with Crippen LogP contribution in [-0.2, 0) is 12.8 Å². The third kappa shape index (κ3) is 5.25. The quantitative estimate of drug-likeness (QED) is 0.637. The van der Waals surface area contributed by atoms with Gasteiger partial charge in [0.15, 0.2) is 0 Å². The topological polar surface area (TPSA) is 20.2 Å². The van der Waals surface area contributed by atoms with Gasteiger partial charge in [-0.1, -0.05) is 58.1 Å². The third-order valence-corrected chi connectivity index (χ3v) is 3.35. The Morgan fingerprint density at radius 3 is 2.35 bits per heavy atom. The van der Waals surface area contributed by atoms with Gasteiger partial charge in [0.1, 0.15) is 5.75 Å². The highest BCUT2D eigenvalue weighted by Gasteiger charge is 2.02. The first-order chi connectivity index (χ1) is 8.27. The predicted molar refractivity (Wildman–Crippen MR) is 74.6 cm³/mol. The van der Waals surface area contributed by atoms with Crippen LogP contribution in [0.2, 0.25) is 0 Å². The van der Waals surface area contributed by atoms with E-state index in [0.29, 0.717) is 5.75 Å². The molecular weight excluding hydrogens is 208 g/mol. The lowest BCUT2D eigenvalue weighted by Crippen LogP contribution is -1.90. The van der Waals surface area contributed by atoms with E-state index in [4.69, 9.17) is 0 Å². The number of rotatable bonds is 8. The van der Waals surface area contributed by atoms with Crippen LogP contribution >= 0.6 is 0 Å². The Bertz CT molecular complexity index is 317. The van der Waals surface area contributed by atoms with Crippen molar-refractivity contribution in [3.8, 4) is 5.75 Å². The van der Waals surface area contributed by atoms with Gasteiger partial charge < -0.3 is 5.11 Å². The van der Waals surface area contributed by atoms with Gasteiger partial charge in [0, 0.05) is 0 Å². The summed E-state index contributed by atoms with van der Waals surface area (Å²) in [6.07, 6.45) is 9.91. The molecule has 1 N–H and O–H groups in total. The van der Waals surface area contributed by atoms with Crippen LogP contribution in [0.3, 0.4) is 0 Å². The summed E-state index contributed by atoms with van der Waals surface area (Å²) in [4.78, 5) is 0. The first-order valence-corrected chi connectivity index (χ1v) is 7.08. The van der Waals surface area contributed by atoms with E-state index >= 15 is 0 Å². The first kappa shape index (κ1) is 14.1. The average Bonchev–Trinajstić information content (AvgIpc) is 2.35. The van der Waals surface area contributed by atoms with E-state index in [2.05, 4.69) is 19.9 Å². The molecule has 0 heterocycles. The summed E-state index contributed by atoms with van der Waals surface area (Å²) in [6, 6.07) is 6.01. The zero-order valence-corrected chi connectivity index (χ0v) is 11.3. The molecule has 17 heavy (non-hydrogen) atoms. The van der Waals surface area contributed by atoms with Crippen molar-refractivity contribution in [2.45, 2.75) is 65.2 Å². The second-order valence-electron chi connectivity index (χ2n) is 4.83. The van der Waals surface area contributed by atoms with Gasteiger partial charge in [-0.25, -0.2) is 0 Å². The molecule has 0 amide bonds. The minimum absolute atomic E-state index is 0.468. The zero-order chi connectivity index (χ0) is 12.5. The maximum Gasteiger partial charge on any atom is 0.118 e. The van der Waals surface area contributed by atoms with Crippen LogP contribution in [-0.4, -0.2) is 5.11 Å². The van der Waals surface area contributed by atoms with Crippen molar-refractivity contribution < 1.29 is 5.11 Å². The van der Waals surface area contributed by atoms with Gasteiger partial charge in [-0.2, -0.15) is 0 Å². The van der Waals surface area contributed by atoms with E-state index in [1.165, 1.54) is 44.1 Å². The highest BCUT2D eigenvalue weighted by atomic mass is 16.3. The third-order valence-electron chi connectivity index (χ3n) is 3.35.